The maximum absolute atomic E-state index is 5.94. The van der Waals surface area contributed by atoms with E-state index in [1.165, 1.54) is 5.56 Å². The highest BCUT2D eigenvalue weighted by Crippen LogP contribution is 2.15. The van der Waals surface area contributed by atoms with E-state index in [1.807, 2.05) is 37.5 Å². The third-order valence-electron chi connectivity index (χ3n) is 5.53. The Balaban J connectivity index is 0.00000385. The molecule has 0 amide bonds. The van der Waals surface area contributed by atoms with Gasteiger partial charge in [-0.15, -0.1) is 24.0 Å². The summed E-state index contributed by atoms with van der Waals surface area (Å²) in [7, 11) is 5.64. The van der Waals surface area contributed by atoms with Gasteiger partial charge < -0.3 is 29.5 Å². The van der Waals surface area contributed by atoms with Crippen molar-refractivity contribution in [3.05, 3.63) is 54.2 Å². The molecule has 1 fully saturated rings. The number of nitrogens with zero attached hydrogens (tertiary/aromatic N) is 5. The molecule has 2 aromatic rings. The quantitative estimate of drug-likeness (QED) is 0.269. The molecule has 0 radical (unpaired) electrons. The van der Waals surface area contributed by atoms with E-state index in [1.54, 1.807) is 7.11 Å². The number of halogens is 1. The van der Waals surface area contributed by atoms with Crippen LogP contribution in [0.15, 0.2) is 53.7 Å². The molecule has 1 aliphatic heterocycles. The number of guanidine groups is 1. The molecule has 1 aliphatic rings. The third-order valence-corrected chi connectivity index (χ3v) is 5.53. The van der Waals surface area contributed by atoms with Crippen LogP contribution >= 0.6 is 24.0 Å². The van der Waals surface area contributed by atoms with Crippen molar-refractivity contribution in [1.82, 2.24) is 20.1 Å². The SMILES string of the molecule is CN=C(NCc1cccc(OCCN(C)CCOC)c1)N1CCN(c2ccccn2)CC1.I. The number of ether oxygens (including phenoxy) is 2. The van der Waals surface area contributed by atoms with E-state index >= 15 is 0 Å². The van der Waals surface area contributed by atoms with E-state index in [0.717, 1.165) is 63.4 Å². The number of methoxy groups -OCH3 is 1. The Labute approximate surface area is 215 Å². The molecule has 9 heteroatoms. The van der Waals surface area contributed by atoms with Crippen molar-refractivity contribution in [2.45, 2.75) is 6.54 Å². The largest absolute Gasteiger partial charge is 0.492 e. The van der Waals surface area contributed by atoms with Gasteiger partial charge in [-0.05, 0) is 36.9 Å². The van der Waals surface area contributed by atoms with Crippen LogP contribution < -0.4 is 15.0 Å². The Morgan fingerprint density at radius 2 is 1.88 bits per heavy atom. The van der Waals surface area contributed by atoms with Crippen LogP contribution in [0.2, 0.25) is 0 Å². The predicted molar refractivity (Wildman–Crippen MR) is 145 cm³/mol. The highest BCUT2D eigenvalue weighted by molar-refractivity contribution is 14.0. The number of aromatic nitrogens is 1. The van der Waals surface area contributed by atoms with E-state index in [9.17, 15) is 0 Å². The number of anilines is 1. The predicted octanol–water partition coefficient (Wildman–Crippen LogP) is 2.55. The maximum Gasteiger partial charge on any atom is 0.194 e. The van der Waals surface area contributed by atoms with Crippen molar-refractivity contribution in [3.8, 4) is 5.75 Å². The molecule has 1 N–H and O–H groups in total. The first-order valence-corrected chi connectivity index (χ1v) is 11.2. The van der Waals surface area contributed by atoms with Gasteiger partial charge in [-0.2, -0.15) is 0 Å². The van der Waals surface area contributed by atoms with Crippen molar-refractivity contribution in [3.63, 3.8) is 0 Å². The summed E-state index contributed by atoms with van der Waals surface area (Å²) in [4.78, 5) is 15.8. The number of likely N-dealkylation sites (N-methyl/N-ethyl adjacent to an activating group) is 1. The molecule has 8 nitrogen and oxygen atoms in total. The van der Waals surface area contributed by atoms with Crippen LogP contribution in [-0.4, -0.2) is 94.4 Å². The second-order valence-electron chi connectivity index (χ2n) is 7.85. The molecule has 1 aromatic carbocycles. The number of nitrogens with one attached hydrogen (secondary N) is 1. The summed E-state index contributed by atoms with van der Waals surface area (Å²) in [6.07, 6.45) is 1.85. The van der Waals surface area contributed by atoms with Crippen LogP contribution in [0.25, 0.3) is 0 Å². The maximum atomic E-state index is 5.94. The Hall–Kier alpha value is -2.11. The monoisotopic (exact) mass is 568 g/mol. The summed E-state index contributed by atoms with van der Waals surface area (Å²) in [5.41, 5.74) is 1.17. The summed E-state index contributed by atoms with van der Waals surface area (Å²) in [6.45, 7) is 7.54. The zero-order chi connectivity index (χ0) is 22.6. The van der Waals surface area contributed by atoms with Gasteiger partial charge in [0.2, 0.25) is 0 Å². The lowest BCUT2D eigenvalue weighted by molar-refractivity contribution is 0.150. The fourth-order valence-corrected chi connectivity index (χ4v) is 3.63. The first kappa shape index (κ1) is 27.1. The van der Waals surface area contributed by atoms with Gasteiger partial charge in [0.25, 0.3) is 0 Å². The van der Waals surface area contributed by atoms with E-state index in [0.29, 0.717) is 13.2 Å². The summed E-state index contributed by atoms with van der Waals surface area (Å²) in [5, 5.41) is 3.50. The first-order valence-electron chi connectivity index (χ1n) is 11.2. The van der Waals surface area contributed by atoms with Gasteiger partial charge in [-0.1, -0.05) is 18.2 Å². The second-order valence-corrected chi connectivity index (χ2v) is 7.85. The molecule has 0 unspecified atom stereocenters. The third kappa shape index (κ3) is 8.98. The van der Waals surface area contributed by atoms with Gasteiger partial charge >= 0.3 is 0 Å². The molecule has 33 heavy (non-hydrogen) atoms. The van der Waals surface area contributed by atoms with Crippen molar-refractivity contribution in [1.29, 1.82) is 0 Å². The average Bonchev–Trinajstić information content (AvgIpc) is 2.84. The molecule has 0 spiro atoms. The van der Waals surface area contributed by atoms with Crippen LogP contribution in [0.1, 0.15) is 5.56 Å². The van der Waals surface area contributed by atoms with E-state index in [2.05, 4.69) is 55.2 Å². The minimum atomic E-state index is 0. The molecule has 3 rings (SSSR count). The van der Waals surface area contributed by atoms with Gasteiger partial charge in [-0.3, -0.25) is 4.99 Å². The molecular formula is C24H37IN6O2. The van der Waals surface area contributed by atoms with Crippen molar-refractivity contribution in [2.24, 2.45) is 4.99 Å². The van der Waals surface area contributed by atoms with Gasteiger partial charge in [0, 0.05) is 66.2 Å². The van der Waals surface area contributed by atoms with Gasteiger partial charge in [0.15, 0.2) is 5.96 Å². The zero-order valence-electron chi connectivity index (χ0n) is 19.9. The number of hydrogen-bond acceptors (Lipinski definition) is 6. The Kier molecular flexibility index (Phi) is 12.3. The minimum Gasteiger partial charge on any atom is -0.492 e. The topological polar surface area (TPSA) is 65.5 Å². The van der Waals surface area contributed by atoms with E-state index in [-0.39, 0.29) is 24.0 Å². The van der Waals surface area contributed by atoms with E-state index < -0.39 is 0 Å². The number of aliphatic imine (C=N–C) groups is 1. The van der Waals surface area contributed by atoms with Crippen molar-refractivity contribution >= 4 is 35.8 Å². The number of pyridine rings is 1. The van der Waals surface area contributed by atoms with Crippen LogP contribution in [-0.2, 0) is 11.3 Å². The first-order chi connectivity index (χ1) is 15.7. The molecule has 1 aromatic heterocycles. The summed E-state index contributed by atoms with van der Waals surface area (Å²) < 4.78 is 11.0. The number of benzene rings is 1. The summed E-state index contributed by atoms with van der Waals surface area (Å²) >= 11 is 0. The van der Waals surface area contributed by atoms with Crippen LogP contribution in [0.3, 0.4) is 0 Å². The van der Waals surface area contributed by atoms with Crippen LogP contribution in [0.4, 0.5) is 5.82 Å². The molecule has 0 bridgehead atoms. The molecule has 182 valence electrons. The zero-order valence-corrected chi connectivity index (χ0v) is 22.3. The molecular weight excluding hydrogens is 531 g/mol. The highest BCUT2D eigenvalue weighted by Gasteiger charge is 2.20. The van der Waals surface area contributed by atoms with E-state index in [4.69, 9.17) is 9.47 Å². The second kappa shape index (κ2) is 14.9. The molecule has 1 saturated heterocycles. The Morgan fingerprint density at radius 3 is 2.58 bits per heavy atom. The molecule has 0 atom stereocenters. The molecule has 0 aliphatic carbocycles. The Morgan fingerprint density at radius 1 is 1.09 bits per heavy atom. The fraction of sp³-hybridized carbons (Fsp3) is 0.500. The normalized spacial score (nSPS) is 14.2. The smallest absolute Gasteiger partial charge is 0.194 e. The van der Waals surface area contributed by atoms with Crippen LogP contribution in [0, 0.1) is 0 Å². The van der Waals surface area contributed by atoms with Crippen molar-refractivity contribution < 1.29 is 9.47 Å². The minimum absolute atomic E-state index is 0. The lowest BCUT2D eigenvalue weighted by Crippen LogP contribution is -2.52. The summed E-state index contributed by atoms with van der Waals surface area (Å²) in [6, 6.07) is 14.3. The number of piperazine rings is 1. The average molecular weight is 569 g/mol. The number of rotatable bonds is 10. The lowest BCUT2D eigenvalue weighted by atomic mass is 10.2. The number of hydrogen-bond donors (Lipinski definition) is 1. The van der Waals surface area contributed by atoms with Crippen molar-refractivity contribution in [2.75, 3.05) is 78.6 Å². The summed E-state index contributed by atoms with van der Waals surface area (Å²) in [5.74, 6) is 2.86. The Bertz CT molecular complexity index is 831. The highest BCUT2D eigenvalue weighted by atomic mass is 127. The van der Waals surface area contributed by atoms with Gasteiger partial charge in [0.05, 0.1) is 6.61 Å². The van der Waals surface area contributed by atoms with Crippen LogP contribution in [0.5, 0.6) is 5.75 Å². The molecule has 2 heterocycles. The van der Waals surface area contributed by atoms with Gasteiger partial charge in [-0.25, -0.2) is 4.98 Å². The fourth-order valence-electron chi connectivity index (χ4n) is 3.63. The lowest BCUT2D eigenvalue weighted by Gasteiger charge is -2.37. The molecule has 0 saturated carbocycles. The standard InChI is InChI=1S/C24H36N6O2.HI/c1-25-24(30-13-11-29(12-14-30)23-9-4-5-10-26-23)27-20-21-7-6-8-22(19-21)32-18-16-28(2)15-17-31-3;/h4-10,19H,11-18,20H2,1-3H3,(H,25,27);1H. The van der Waals surface area contributed by atoms with Gasteiger partial charge in [0.1, 0.15) is 18.2 Å².